The molecule has 0 saturated heterocycles. The minimum Gasteiger partial charge on any atom is -0.508 e. The molecule has 0 aliphatic carbocycles. The molecule has 7 nitrogen and oxygen atoms in total. The highest BCUT2D eigenvalue weighted by Gasteiger charge is 2.21. The van der Waals surface area contributed by atoms with Crippen molar-refractivity contribution in [2.45, 2.75) is 4.90 Å². The first-order valence-electron chi connectivity index (χ1n) is 9.00. The summed E-state index contributed by atoms with van der Waals surface area (Å²) in [5.74, 6) is -0.616. The van der Waals surface area contributed by atoms with E-state index in [-0.39, 0.29) is 30.9 Å². The van der Waals surface area contributed by atoms with Gasteiger partial charge in [0.05, 0.1) is 8.95 Å². The van der Waals surface area contributed by atoms with Crippen LogP contribution in [0.15, 0.2) is 80.1 Å². The van der Waals surface area contributed by atoms with Gasteiger partial charge in [-0.1, -0.05) is 11.6 Å². The molecule has 0 heterocycles. The zero-order valence-corrected chi connectivity index (χ0v) is 21.2. The summed E-state index contributed by atoms with van der Waals surface area (Å²) >= 11 is 12.3. The van der Waals surface area contributed by atoms with Crippen molar-refractivity contribution in [3.05, 3.63) is 85.8 Å². The second kappa shape index (κ2) is 10.4. The molecule has 33 heavy (non-hydrogen) atoms. The minimum absolute atomic E-state index is 0.00541. The Kier molecular flexibility index (Phi) is 7.81. The second-order valence-electron chi connectivity index (χ2n) is 6.48. The van der Waals surface area contributed by atoms with Crippen LogP contribution >= 0.6 is 43.5 Å². The van der Waals surface area contributed by atoms with Crippen molar-refractivity contribution in [2.75, 3.05) is 5.32 Å². The Hall–Kier alpha value is -2.84. The van der Waals surface area contributed by atoms with Gasteiger partial charge in [-0.15, -0.1) is 0 Å². The van der Waals surface area contributed by atoms with Gasteiger partial charge in [-0.25, -0.2) is 0 Å². The Morgan fingerprint density at radius 3 is 2.18 bits per heavy atom. The molecule has 0 aliphatic heterocycles. The molecular weight excluding hydrogens is 600 g/mol. The molecule has 3 aromatic rings. The number of nitrogens with one attached hydrogen (secondary N) is 1. The van der Waals surface area contributed by atoms with Crippen LogP contribution in [0.3, 0.4) is 0 Å². The zero-order chi connectivity index (χ0) is 24.2. The third kappa shape index (κ3) is 6.36. The maximum Gasteiger partial charge on any atom is 0.339 e. The average Bonchev–Trinajstić information content (AvgIpc) is 2.76. The molecule has 0 unspecified atom stereocenters. The summed E-state index contributed by atoms with van der Waals surface area (Å²) < 4.78 is 31.0. The van der Waals surface area contributed by atoms with Gasteiger partial charge in [0.25, 0.3) is 5.91 Å². The van der Waals surface area contributed by atoms with E-state index in [0.717, 1.165) is 0 Å². The number of anilines is 1. The molecule has 3 aromatic carbocycles. The first-order valence-corrected chi connectivity index (χ1v) is 12.4. The summed E-state index contributed by atoms with van der Waals surface area (Å²) in [6, 6.07) is 16.1. The van der Waals surface area contributed by atoms with Gasteiger partial charge in [0, 0.05) is 10.7 Å². The number of nitrogens with zero attached hydrogens (tertiary/aromatic N) is 1. The fourth-order valence-corrected chi connectivity index (χ4v) is 5.25. The van der Waals surface area contributed by atoms with E-state index in [1.54, 1.807) is 0 Å². The molecular formula is C22H13Br2ClN2O5S. The van der Waals surface area contributed by atoms with Crippen LogP contribution in [-0.2, 0) is 14.9 Å². The molecule has 0 fully saturated rings. The molecule has 11 heteroatoms. The van der Waals surface area contributed by atoms with Gasteiger partial charge in [0.15, 0.2) is 5.75 Å². The zero-order valence-electron chi connectivity index (χ0n) is 16.4. The molecule has 0 bridgehead atoms. The number of aromatic hydroxyl groups is 1. The molecule has 0 radical (unpaired) electrons. The first-order chi connectivity index (χ1) is 15.6. The highest BCUT2D eigenvalue weighted by Crippen LogP contribution is 2.37. The SMILES string of the molecule is N#C/C(=C\c1cc(Br)c(OS(=O)(=O)c2ccc(Cl)cc2)c(Br)c1)C(=O)Nc1ccc(O)cc1. The summed E-state index contributed by atoms with van der Waals surface area (Å²) in [6.07, 6.45) is 1.34. The predicted molar refractivity (Wildman–Crippen MR) is 131 cm³/mol. The number of nitriles is 1. The van der Waals surface area contributed by atoms with Crippen molar-refractivity contribution >= 4 is 71.2 Å². The average molecular weight is 613 g/mol. The Bertz CT molecular complexity index is 1360. The van der Waals surface area contributed by atoms with Gasteiger partial charge >= 0.3 is 10.1 Å². The fraction of sp³-hybridized carbons (Fsp3) is 0. The largest absolute Gasteiger partial charge is 0.508 e. The van der Waals surface area contributed by atoms with E-state index < -0.39 is 16.0 Å². The van der Waals surface area contributed by atoms with Crippen LogP contribution in [0, 0.1) is 11.3 Å². The van der Waals surface area contributed by atoms with E-state index in [4.69, 9.17) is 15.8 Å². The number of phenolic OH excluding ortho intramolecular Hbond substituents is 1. The molecule has 0 aromatic heterocycles. The Morgan fingerprint density at radius 2 is 1.64 bits per heavy atom. The number of carbonyl (C=O) groups is 1. The minimum atomic E-state index is -4.14. The van der Waals surface area contributed by atoms with E-state index >= 15 is 0 Å². The normalized spacial score (nSPS) is 11.5. The summed E-state index contributed by atoms with van der Waals surface area (Å²) in [5, 5.41) is 21.7. The van der Waals surface area contributed by atoms with Crippen LogP contribution in [0.25, 0.3) is 6.08 Å². The quantitative estimate of drug-likeness (QED) is 0.155. The highest BCUT2D eigenvalue weighted by molar-refractivity contribution is 9.11. The van der Waals surface area contributed by atoms with Crippen LogP contribution < -0.4 is 9.50 Å². The molecule has 0 saturated carbocycles. The molecule has 0 spiro atoms. The van der Waals surface area contributed by atoms with Crippen molar-refractivity contribution in [3.63, 3.8) is 0 Å². The molecule has 1 amide bonds. The molecule has 3 rings (SSSR count). The smallest absolute Gasteiger partial charge is 0.339 e. The van der Waals surface area contributed by atoms with Crippen molar-refractivity contribution in [3.8, 4) is 17.6 Å². The lowest BCUT2D eigenvalue weighted by molar-refractivity contribution is -0.112. The lowest BCUT2D eigenvalue weighted by Gasteiger charge is -2.12. The lowest BCUT2D eigenvalue weighted by atomic mass is 10.1. The summed E-state index contributed by atoms with van der Waals surface area (Å²) in [5.41, 5.74) is 0.643. The third-order valence-corrected chi connectivity index (χ3v) is 6.78. The van der Waals surface area contributed by atoms with Crippen LogP contribution in [0.2, 0.25) is 5.02 Å². The number of carbonyl (C=O) groups excluding carboxylic acids is 1. The van der Waals surface area contributed by atoms with Crippen molar-refractivity contribution in [1.29, 1.82) is 5.26 Å². The van der Waals surface area contributed by atoms with Crippen LogP contribution in [-0.4, -0.2) is 19.4 Å². The van der Waals surface area contributed by atoms with E-state index in [0.29, 0.717) is 16.3 Å². The van der Waals surface area contributed by atoms with E-state index in [2.05, 4.69) is 37.2 Å². The summed E-state index contributed by atoms with van der Waals surface area (Å²) in [4.78, 5) is 12.4. The molecule has 168 valence electrons. The fourth-order valence-electron chi connectivity index (χ4n) is 2.56. The number of hydrogen-bond donors (Lipinski definition) is 2. The van der Waals surface area contributed by atoms with E-state index in [1.807, 2.05) is 6.07 Å². The predicted octanol–water partition coefficient (Wildman–Crippen LogP) is 5.88. The van der Waals surface area contributed by atoms with Gasteiger partial charge in [-0.2, -0.15) is 13.7 Å². The highest BCUT2D eigenvalue weighted by atomic mass is 79.9. The van der Waals surface area contributed by atoms with Crippen LogP contribution in [0.5, 0.6) is 11.5 Å². The summed E-state index contributed by atoms with van der Waals surface area (Å²) in [6.45, 7) is 0. The number of hydrogen-bond acceptors (Lipinski definition) is 6. The maximum atomic E-state index is 12.6. The van der Waals surface area contributed by atoms with Gasteiger partial charge in [0.1, 0.15) is 22.3 Å². The first kappa shape index (κ1) is 24.8. The maximum absolute atomic E-state index is 12.6. The third-order valence-electron chi connectivity index (χ3n) is 4.12. The Labute approximate surface area is 211 Å². The number of phenols is 1. The standard InChI is InChI=1S/C22H13Br2ClN2O5S/c23-19-10-13(9-14(12-26)22(29)27-16-3-5-17(28)6-4-16)11-20(24)21(19)32-33(30,31)18-7-1-15(25)2-8-18/h1-11,28H,(H,27,29)/b14-9+. The Balaban J connectivity index is 1.85. The lowest BCUT2D eigenvalue weighted by Crippen LogP contribution is -2.13. The van der Waals surface area contributed by atoms with Crippen molar-refractivity contribution in [1.82, 2.24) is 0 Å². The van der Waals surface area contributed by atoms with Crippen molar-refractivity contribution in [2.24, 2.45) is 0 Å². The van der Waals surface area contributed by atoms with Crippen molar-refractivity contribution < 1.29 is 22.5 Å². The van der Waals surface area contributed by atoms with Gasteiger partial charge in [-0.3, -0.25) is 4.79 Å². The van der Waals surface area contributed by atoms with Crippen LogP contribution in [0.4, 0.5) is 5.69 Å². The topological polar surface area (TPSA) is 116 Å². The number of benzene rings is 3. The van der Waals surface area contributed by atoms with E-state index in [1.165, 1.54) is 66.7 Å². The number of rotatable bonds is 6. The Morgan fingerprint density at radius 1 is 1.06 bits per heavy atom. The molecule has 2 N–H and O–H groups in total. The van der Waals surface area contributed by atoms with Gasteiger partial charge in [-0.05, 0) is 104 Å². The second-order valence-corrected chi connectivity index (χ2v) is 10.2. The van der Waals surface area contributed by atoms with Crippen LogP contribution in [0.1, 0.15) is 5.56 Å². The summed E-state index contributed by atoms with van der Waals surface area (Å²) in [7, 11) is -4.14. The molecule has 0 atom stereocenters. The van der Waals surface area contributed by atoms with Gasteiger partial charge < -0.3 is 14.6 Å². The number of halogens is 3. The van der Waals surface area contributed by atoms with Gasteiger partial charge in [0.2, 0.25) is 0 Å². The molecule has 0 aliphatic rings. The monoisotopic (exact) mass is 610 g/mol. The van der Waals surface area contributed by atoms with E-state index in [9.17, 15) is 23.6 Å². The number of amides is 1.